The van der Waals surface area contributed by atoms with Crippen molar-refractivity contribution in [1.29, 1.82) is 0 Å². The third-order valence-electron chi connectivity index (χ3n) is 14.3. The number of fused-ring (bicyclic) bond motifs is 3. The summed E-state index contributed by atoms with van der Waals surface area (Å²) in [6, 6.07) is 11.4. The van der Waals surface area contributed by atoms with Gasteiger partial charge in [0.05, 0.1) is 19.0 Å². The molecule has 3 aromatic carbocycles. The average Bonchev–Trinajstić information content (AvgIpc) is 3.97. The lowest BCUT2D eigenvalue weighted by Crippen LogP contribution is -2.62. The molecule has 1 aliphatic rings. The Morgan fingerprint density at radius 2 is 1.31 bits per heavy atom. The van der Waals surface area contributed by atoms with Gasteiger partial charge in [-0.1, -0.05) is 115 Å². The maximum atomic E-state index is 15.1. The van der Waals surface area contributed by atoms with Gasteiger partial charge in [0.1, 0.15) is 48.0 Å². The summed E-state index contributed by atoms with van der Waals surface area (Å²) in [5.74, 6) is -9.58. The summed E-state index contributed by atoms with van der Waals surface area (Å²) < 4.78 is 0. The minimum absolute atomic E-state index is 0.0159. The first-order chi connectivity index (χ1) is 38.5. The van der Waals surface area contributed by atoms with E-state index >= 15 is 4.79 Å². The topological polar surface area (TPSA) is 396 Å². The van der Waals surface area contributed by atoms with Gasteiger partial charge in [0.25, 0.3) is 0 Å². The van der Waals surface area contributed by atoms with Gasteiger partial charge in [0, 0.05) is 42.4 Å². The van der Waals surface area contributed by atoms with Crippen molar-refractivity contribution >= 4 is 70.2 Å². The summed E-state index contributed by atoms with van der Waals surface area (Å²) in [6.07, 6.45) is 0.826. The molecular formula is C57H78N12O12. The van der Waals surface area contributed by atoms with Crippen molar-refractivity contribution in [3.8, 4) is 5.75 Å². The number of carboxylic acids is 2. The van der Waals surface area contributed by atoms with Crippen LogP contribution in [0.2, 0.25) is 0 Å². The van der Waals surface area contributed by atoms with Gasteiger partial charge in [-0.2, -0.15) is 0 Å². The van der Waals surface area contributed by atoms with Crippen LogP contribution in [0.15, 0.2) is 83.9 Å². The summed E-state index contributed by atoms with van der Waals surface area (Å²) in [5.41, 5.74) is 19.9. The molecule has 9 atom stereocenters. The summed E-state index contributed by atoms with van der Waals surface area (Å²) >= 11 is 0. The number of guanidine groups is 1. The molecule has 0 fully saturated rings. The lowest BCUT2D eigenvalue weighted by Gasteiger charge is -2.34. The van der Waals surface area contributed by atoms with E-state index in [1.807, 2.05) is 31.2 Å². The van der Waals surface area contributed by atoms with Crippen LogP contribution in [0.4, 0.5) is 0 Å². The molecule has 1 aromatic heterocycles. The zero-order valence-electron chi connectivity index (χ0n) is 46.4. The van der Waals surface area contributed by atoms with Gasteiger partial charge in [-0.05, 0) is 66.0 Å². The monoisotopic (exact) mass is 1120 g/mol. The van der Waals surface area contributed by atoms with Gasteiger partial charge < -0.3 is 74.3 Å². The van der Waals surface area contributed by atoms with E-state index in [2.05, 4.69) is 41.9 Å². The zero-order chi connectivity index (χ0) is 59.5. The van der Waals surface area contributed by atoms with Gasteiger partial charge >= 0.3 is 11.9 Å². The fraction of sp³-hybridized carbons (Fsp3) is 0.474. The largest absolute Gasteiger partial charge is 0.508 e. The Balaban J connectivity index is 1.45. The number of aromatic hydroxyl groups is 1. The van der Waals surface area contributed by atoms with E-state index < -0.39 is 120 Å². The molecule has 0 saturated heterocycles. The van der Waals surface area contributed by atoms with Crippen LogP contribution in [0.1, 0.15) is 102 Å². The molecule has 7 amide bonds. The predicted molar refractivity (Wildman–Crippen MR) is 301 cm³/mol. The van der Waals surface area contributed by atoms with Crippen molar-refractivity contribution in [2.75, 3.05) is 6.54 Å². The summed E-state index contributed by atoms with van der Waals surface area (Å²) in [5, 5.41) is 46.6. The summed E-state index contributed by atoms with van der Waals surface area (Å²) in [7, 11) is 0. The fourth-order valence-electron chi connectivity index (χ4n) is 9.56. The van der Waals surface area contributed by atoms with Gasteiger partial charge in [-0.25, -0.2) is 4.79 Å². The van der Waals surface area contributed by atoms with Crippen LogP contribution in [-0.4, -0.2) is 139 Å². The second-order valence-electron chi connectivity index (χ2n) is 20.9. The number of hydrogen-bond donors (Lipinski definition) is 13. The van der Waals surface area contributed by atoms with Crippen LogP contribution >= 0.6 is 0 Å². The number of H-pyrrole nitrogens is 1. The number of aliphatic carboxylic acids is 2. The van der Waals surface area contributed by atoms with Crippen LogP contribution in [-0.2, 0) is 69.0 Å². The van der Waals surface area contributed by atoms with Crippen LogP contribution in [0.5, 0.6) is 5.75 Å². The van der Waals surface area contributed by atoms with Crippen molar-refractivity contribution in [3.63, 3.8) is 0 Å². The Hall–Kier alpha value is -8.54. The molecule has 5 rings (SSSR count). The van der Waals surface area contributed by atoms with Gasteiger partial charge in [-0.15, -0.1) is 0 Å². The minimum atomic E-state index is -1.51. The highest BCUT2D eigenvalue weighted by Crippen LogP contribution is 2.30. The molecular weight excluding hydrogens is 1040 g/mol. The normalized spacial score (nSPS) is 16.2. The third-order valence-corrected chi connectivity index (χ3v) is 14.3. The number of unbranched alkanes of at least 4 members (excludes halogenated alkanes) is 1. The van der Waals surface area contributed by atoms with Crippen molar-refractivity contribution in [2.24, 2.45) is 34.0 Å². The summed E-state index contributed by atoms with van der Waals surface area (Å²) in [6.45, 7) is 8.69. The van der Waals surface area contributed by atoms with Gasteiger partial charge in [0.15, 0.2) is 5.96 Å². The number of aromatic nitrogens is 1. The second kappa shape index (κ2) is 30.2. The average molecular weight is 1120 g/mol. The highest BCUT2D eigenvalue weighted by molar-refractivity contribution is 5.99. The highest BCUT2D eigenvalue weighted by Gasteiger charge is 2.41. The Bertz CT molecular complexity index is 2870. The molecule has 0 saturated carbocycles. The molecule has 1 aliphatic heterocycles. The van der Waals surface area contributed by atoms with Crippen molar-refractivity contribution in [2.45, 2.75) is 154 Å². The number of hydrogen-bond acceptors (Lipinski definition) is 12. The lowest BCUT2D eigenvalue weighted by atomic mass is 9.95. The maximum Gasteiger partial charge on any atom is 0.326 e. The number of para-hydroxylation sites is 1. The molecule has 0 spiro atoms. The Labute approximate surface area is 470 Å². The van der Waals surface area contributed by atoms with Gasteiger partial charge in [0.2, 0.25) is 41.4 Å². The van der Waals surface area contributed by atoms with E-state index in [0.29, 0.717) is 41.6 Å². The number of aromatic amines is 1. The quantitative estimate of drug-likeness (QED) is 0.0199. The number of rotatable bonds is 30. The molecule has 24 heteroatoms. The van der Waals surface area contributed by atoms with Crippen LogP contribution in [0.3, 0.4) is 0 Å². The van der Waals surface area contributed by atoms with Crippen molar-refractivity contribution in [1.82, 2.24) is 41.8 Å². The van der Waals surface area contributed by atoms with E-state index in [9.17, 15) is 53.7 Å². The number of carboxylic acid groups (broad SMARTS) is 2. The summed E-state index contributed by atoms with van der Waals surface area (Å²) in [4.78, 5) is 133. The molecule has 0 bridgehead atoms. The van der Waals surface area contributed by atoms with Gasteiger partial charge in [-0.3, -0.25) is 43.3 Å². The smallest absolute Gasteiger partial charge is 0.326 e. The van der Waals surface area contributed by atoms with Crippen LogP contribution in [0.25, 0.3) is 10.9 Å². The fourth-order valence-corrected chi connectivity index (χ4v) is 9.56. The SMILES string of the molecule is CCCC[C@@H](C(=O)N[C@@H](Cc1ccccc1)C(=O)O)N1Cc2[nH]c3ccccc3c2C[C@H](NC(=O)[C@@H](NC(=O)[C@H](Cc2ccc(O)cc2)NC(=O)[C@@H](NC(=O)[C@H](CCCN=C(N)N)NC(=O)[C@@H](N)CC(=O)O)C(C)C)[C@@H](C)CC)C1=O. The van der Waals surface area contributed by atoms with E-state index in [-0.39, 0.29) is 63.3 Å². The second-order valence-corrected chi connectivity index (χ2v) is 20.9. The number of carbonyl (C=O) groups is 9. The molecule has 16 N–H and O–H groups in total. The number of phenols is 1. The first kappa shape index (κ1) is 63.3. The molecule has 81 heavy (non-hydrogen) atoms. The Morgan fingerprint density at radius 3 is 1.94 bits per heavy atom. The number of phenolic OH excluding ortho intramolecular Hbond substituents is 1. The molecule has 0 aliphatic carbocycles. The van der Waals surface area contributed by atoms with E-state index in [0.717, 1.165) is 10.9 Å². The third kappa shape index (κ3) is 18.2. The lowest BCUT2D eigenvalue weighted by molar-refractivity contribution is -0.147. The minimum Gasteiger partial charge on any atom is -0.508 e. The van der Waals surface area contributed by atoms with Crippen molar-refractivity contribution < 1.29 is 58.5 Å². The number of nitrogens with one attached hydrogen (secondary N) is 7. The molecule has 2 heterocycles. The van der Waals surface area contributed by atoms with E-state index in [1.165, 1.54) is 29.2 Å². The van der Waals surface area contributed by atoms with E-state index in [4.69, 9.17) is 17.2 Å². The highest BCUT2D eigenvalue weighted by atomic mass is 16.4. The molecule has 24 nitrogen and oxygen atoms in total. The standard InChI is InChI=1S/C57H78N12O12/c1-6-8-20-45(52(76)66-43(56(80)81)27-33-15-10-9-11-16-33)69-30-44-37(36-17-12-13-18-39(36)62-44)28-42(55(69)79)65-54(78)48(32(5)7-2)68-51(75)41(26-34-21-23-35(70)24-22-34)64-53(77)47(31(3)4)67-50(74)40(19-14-25-61-57(59)60)63-49(73)38(58)29-46(71)72/h9-13,15-18,21-24,31-32,38,40-43,45,47-48,62,70H,6-8,14,19-20,25-30,58H2,1-5H3,(H,63,73)(H,64,77)(H,65,78)(H,66,76)(H,67,74)(H,68,75)(H,71,72)(H,80,81)(H4,59,60,61)/t32-,38-,40-,41-,42-,43-,45-,47-,48-/m0/s1. The molecule has 4 aromatic rings. The zero-order valence-corrected chi connectivity index (χ0v) is 46.4. The number of amides is 7. The number of benzene rings is 3. The molecule has 438 valence electrons. The number of aliphatic imine (C=N–C) groups is 1. The number of nitrogens with zero attached hydrogens (tertiary/aromatic N) is 2. The molecule has 0 unspecified atom stereocenters. The first-order valence-electron chi connectivity index (χ1n) is 27.3. The predicted octanol–water partition coefficient (Wildman–Crippen LogP) is 1.35. The number of nitrogens with two attached hydrogens (primary N) is 3. The Morgan fingerprint density at radius 1 is 0.704 bits per heavy atom. The van der Waals surface area contributed by atoms with E-state index in [1.54, 1.807) is 58.0 Å². The van der Waals surface area contributed by atoms with Crippen LogP contribution < -0.4 is 49.1 Å². The van der Waals surface area contributed by atoms with Crippen molar-refractivity contribution in [3.05, 3.63) is 101 Å². The molecule has 0 radical (unpaired) electrons. The maximum absolute atomic E-state index is 15.1. The van der Waals surface area contributed by atoms with Crippen LogP contribution in [0, 0.1) is 11.8 Å². The first-order valence-corrected chi connectivity index (χ1v) is 27.3. The Kier molecular flexibility index (Phi) is 23.6. The number of carbonyl (C=O) groups excluding carboxylic acids is 7.